The highest BCUT2D eigenvalue weighted by molar-refractivity contribution is 6.98. The standard InChI is InChI=1S/C30H20BNO2/c1-19-14-28-30-29(15-19)34-27-12-11-22(17-25(27)31(30)24-9-2-3-10-26(24)33-28)20-6-4-7-21(16-20)23-8-5-13-32-18-23/h2-18H,1H3. The number of benzene rings is 4. The minimum atomic E-state index is 0.0701. The lowest BCUT2D eigenvalue weighted by Crippen LogP contribution is -2.57. The second kappa shape index (κ2) is 7.36. The summed E-state index contributed by atoms with van der Waals surface area (Å²) in [6.45, 7) is 2.15. The van der Waals surface area contributed by atoms with Gasteiger partial charge in [0, 0.05) is 23.4 Å². The lowest BCUT2D eigenvalue weighted by atomic mass is 9.34. The fraction of sp³-hybridized carbons (Fsp3) is 0.0333. The van der Waals surface area contributed by atoms with Crippen molar-refractivity contribution < 1.29 is 9.47 Å². The van der Waals surface area contributed by atoms with E-state index >= 15 is 0 Å². The van der Waals surface area contributed by atoms with E-state index in [1.807, 2.05) is 18.3 Å². The predicted octanol–water partition coefficient (Wildman–Crippen LogP) is 5.45. The summed E-state index contributed by atoms with van der Waals surface area (Å²) in [6, 6.07) is 31.7. The number of nitrogens with zero attached hydrogens (tertiary/aromatic N) is 1. The molecule has 5 aromatic rings. The van der Waals surface area contributed by atoms with Crippen molar-refractivity contribution in [2.45, 2.75) is 6.92 Å². The fourth-order valence-electron chi connectivity index (χ4n) is 5.17. The lowest BCUT2D eigenvalue weighted by molar-refractivity contribution is 0.464. The molecule has 0 N–H and O–H groups in total. The number of hydrogen-bond acceptors (Lipinski definition) is 3. The second-order valence-corrected chi connectivity index (χ2v) is 8.92. The molecule has 0 amide bonds. The van der Waals surface area contributed by atoms with Gasteiger partial charge < -0.3 is 9.47 Å². The number of hydrogen-bond donors (Lipinski definition) is 0. The predicted molar refractivity (Wildman–Crippen MR) is 138 cm³/mol. The summed E-state index contributed by atoms with van der Waals surface area (Å²) < 4.78 is 12.7. The molecule has 0 saturated carbocycles. The van der Waals surface area contributed by atoms with Gasteiger partial charge in [0.15, 0.2) is 0 Å². The Morgan fingerprint density at radius 2 is 1.29 bits per heavy atom. The van der Waals surface area contributed by atoms with Crippen LogP contribution in [0.3, 0.4) is 0 Å². The average Bonchev–Trinajstić information content (AvgIpc) is 2.88. The molecular weight excluding hydrogens is 417 g/mol. The number of ether oxygens (including phenoxy) is 2. The number of aromatic nitrogens is 1. The highest BCUT2D eigenvalue weighted by atomic mass is 16.5. The van der Waals surface area contributed by atoms with E-state index in [0.717, 1.165) is 56.2 Å². The summed E-state index contributed by atoms with van der Waals surface area (Å²) in [5.74, 6) is 3.58. The molecule has 0 spiro atoms. The van der Waals surface area contributed by atoms with Crippen LogP contribution in [0.5, 0.6) is 23.0 Å². The van der Waals surface area contributed by atoms with E-state index in [0.29, 0.717) is 0 Å². The number of para-hydroxylation sites is 1. The van der Waals surface area contributed by atoms with E-state index < -0.39 is 0 Å². The van der Waals surface area contributed by atoms with Gasteiger partial charge in [-0.15, -0.1) is 0 Å². The van der Waals surface area contributed by atoms with Crippen LogP contribution in [-0.2, 0) is 0 Å². The van der Waals surface area contributed by atoms with E-state index in [-0.39, 0.29) is 6.71 Å². The average molecular weight is 437 g/mol. The maximum atomic E-state index is 6.42. The van der Waals surface area contributed by atoms with Gasteiger partial charge in [-0.05, 0) is 76.5 Å². The molecule has 4 aromatic carbocycles. The quantitative estimate of drug-likeness (QED) is 0.337. The molecule has 0 bridgehead atoms. The molecule has 4 heteroatoms. The highest BCUT2D eigenvalue weighted by Crippen LogP contribution is 2.36. The Labute approximate surface area is 198 Å². The number of rotatable bonds is 2. The summed E-state index contributed by atoms with van der Waals surface area (Å²) in [7, 11) is 0. The van der Waals surface area contributed by atoms with E-state index in [2.05, 4.69) is 90.8 Å². The Morgan fingerprint density at radius 3 is 2.09 bits per heavy atom. The molecule has 0 atom stereocenters. The van der Waals surface area contributed by atoms with Gasteiger partial charge in [0.25, 0.3) is 6.71 Å². The topological polar surface area (TPSA) is 31.4 Å². The zero-order valence-corrected chi connectivity index (χ0v) is 18.7. The van der Waals surface area contributed by atoms with Crippen LogP contribution in [-0.4, -0.2) is 11.7 Å². The normalized spacial score (nSPS) is 12.7. The van der Waals surface area contributed by atoms with Gasteiger partial charge >= 0.3 is 0 Å². The number of aryl methyl sites for hydroxylation is 1. The van der Waals surface area contributed by atoms with Crippen LogP contribution >= 0.6 is 0 Å². The Kier molecular flexibility index (Phi) is 4.15. The Balaban J connectivity index is 1.40. The summed E-state index contributed by atoms with van der Waals surface area (Å²) in [6.07, 6.45) is 3.70. The minimum absolute atomic E-state index is 0.0701. The maximum Gasteiger partial charge on any atom is 0.260 e. The van der Waals surface area contributed by atoms with Crippen molar-refractivity contribution in [1.82, 2.24) is 4.98 Å². The summed E-state index contributed by atoms with van der Waals surface area (Å²) in [5, 5.41) is 0. The highest BCUT2D eigenvalue weighted by Gasteiger charge is 2.40. The SMILES string of the molecule is Cc1cc2c3c(c1)Oc1ccc(-c4cccc(-c5cccnc5)c4)cc1B3c1ccccc1O2. The fourth-order valence-corrected chi connectivity index (χ4v) is 5.17. The molecule has 0 fully saturated rings. The zero-order valence-electron chi connectivity index (χ0n) is 18.7. The molecule has 1 aromatic heterocycles. The zero-order chi connectivity index (χ0) is 22.6. The molecule has 0 radical (unpaired) electrons. The van der Waals surface area contributed by atoms with Crippen LogP contribution in [0, 0.1) is 6.92 Å². The first-order chi connectivity index (χ1) is 16.7. The first kappa shape index (κ1) is 19.2. The van der Waals surface area contributed by atoms with Crippen molar-refractivity contribution in [2.24, 2.45) is 0 Å². The molecule has 34 heavy (non-hydrogen) atoms. The van der Waals surface area contributed by atoms with Crippen molar-refractivity contribution in [3.8, 4) is 45.3 Å². The largest absolute Gasteiger partial charge is 0.458 e. The van der Waals surface area contributed by atoms with Crippen molar-refractivity contribution >= 4 is 23.1 Å². The third-order valence-corrected chi connectivity index (χ3v) is 6.72. The Hall–Kier alpha value is -4.31. The molecule has 0 unspecified atom stereocenters. The van der Waals surface area contributed by atoms with E-state index in [1.54, 1.807) is 6.20 Å². The van der Waals surface area contributed by atoms with E-state index in [9.17, 15) is 0 Å². The Bertz CT molecular complexity index is 1560. The van der Waals surface area contributed by atoms with E-state index in [1.165, 1.54) is 11.0 Å². The van der Waals surface area contributed by atoms with Gasteiger partial charge in [-0.1, -0.05) is 54.6 Å². The maximum absolute atomic E-state index is 6.42. The summed E-state index contributed by atoms with van der Waals surface area (Å²) in [5.41, 5.74) is 9.16. The first-order valence-electron chi connectivity index (χ1n) is 11.5. The van der Waals surface area contributed by atoms with Crippen LogP contribution in [0.1, 0.15) is 5.56 Å². The second-order valence-electron chi connectivity index (χ2n) is 8.92. The molecular formula is C30H20BNO2. The Morgan fingerprint density at radius 1 is 0.588 bits per heavy atom. The van der Waals surface area contributed by atoms with Crippen LogP contribution < -0.4 is 25.9 Å². The van der Waals surface area contributed by atoms with Crippen molar-refractivity contribution in [3.63, 3.8) is 0 Å². The molecule has 160 valence electrons. The van der Waals surface area contributed by atoms with Gasteiger partial charge in [-0.25, -0.2) is 0 Å². The molecule has 0 aliphatic carbocycles. The molecule has 2 aliphatic rings. The van der Waals surface area contributed by atoms with Gasteiger partial charge in [0.2, 0.25) is 0 Å². The van der Waals surface area contributed by atoms with Gasteiger partial charge in [-0.3, -0.25) is 4.98 Å². The van der Waals surface area contributed by atoms with Crippen molar-refractivity contribution in [3.05, 3.63) is 109 Å². The van der Waals surface area contributed by atoms with Crippen LogP contribution in [0.15, 0.2) is 103 Å². The minimum Gasteiger partial charge on any atom is -0.458 e. The number of pyridine rings is 1. The van der Waals surface area contributed by atoms with Crippen molar-refractivity contribution in [2.75, 3.05) is 0 Å². The van der Waals surface area contributed by atoms with Gasteiger partial charge in [0.05, 0.1) is 0 Å². The van der Waals surface area contributed by atoms with Gasteiger partial charge in [-0.2, -0.15) is 0 Å². The van der Waals surface area contributed by atoms with Crippen LogP contribution in [0.2, 0.25) is 0 Å². The molecule has 2 aliphatic heterocycles. The van der Waals surface area contributed by atoms with E-state index in [4.69, 9.17) is 9.47 Å². The smallest absolute Gasteiger partial charge is 0.260 e. The monoisotopic (exact) mass is 437 g/mol. The lowest BCUT2D eigenvalue weighted by Gasteiger charge is -2.33. The third-order valence-electron chi connectivity index (χ3n) is 6.72. The number of fused-ring (bicyclic) bond motifs is 4. The first-order valence-corrected chi connectivity index (χ1v) is 11.5. The summed E-state index contributed by atoms with van der Waals surface area (Å²) >= 11 is 0. The van der Waals surface area contributed by atoms with Gasteiger partial charge in [0.1, 0.15) is 23.0 Å². The van der Waals surface area contributed by atoms with Crippen LogP contribution in [0.4, 0.5) is 0 Å². The third kappa shape index (κ3) is 2.96. The molecule has 7 rings (SSSR count). The molecule has 0 saturated heterocycles. The molecule has 3 nitrogen and oxygen atoms in total. The summed E-state index contributed by atoms with van der Waals surface area (Å²) in [4.78, 5) is 4.28. The molecule has 3 heterocycles. The van der Waals surface area contributed by atoms with Crippen LogP contribution in [0.25, 0.3) is 22.3 Å². The van der Waals surface area contributed by atoms with Crippen molar-refractivity contribution in [1.29, 1.82) is 0 Å².